The molecule has 7 heteroatoms. The summed E-state index contributed by atoms with van der Waals surface area (Å²) < 4.78 is 5.47. The molecule has 0 fully saturated rings. The van der Waals surface area contributed by atoms with Gasteiger partial charge in [0.1, 0.15) is 17.1 Å². The van der Waals surface area contributed by atoms with Gasteiger partial charge in [-0.3, -0.25) is 4.79 Å². The summed E-state index contributed by atoms with van der Waals surface area (Å²) in [6.07, 6.45) is 2.76. The lowest BCUT2D eigenvalue weighted by molar-refractivity contribution is 0.0945. The van der Waals surface area contributed by atoms with Crippen molar-refractivity contribution in [3.8, 4) is 11.6 Å². The summed E-state index contributed by atoms with van der Waals surface area (Å²) in [7, 11) is 0. The predicted octanol–water partition coefficient (Wildman–Crippen LogP) is 1.64. The molecule has 2 rings (SSSR count). The van der Waals surface area contributed by atoms with Crippen LogP contribution in [0.5, 0.6) is 11.6 Å². The molecule has 1 heterocycles. The van der Waals surface area contributed by atoms with Crippen LogP contribution in [0.25, 0.3) is 0 Å². The number of ether oxygens (including phenoxy) is 1. The average molecular weight is 294 g/mol. The standard InChI is InChI=1S/C13H12ClN3O3/c14-11-7-15-8-17-13(11)20-10-3-1-9(2-4-10)12(19)16-5-6-18/h1-4,7-8,18H,5-6H2,(H,16,19). The third-order valence-electron chi connectivity index (χ3n) is 2.36. The zero-order valence-corrected chi connectivity index (χ0v) is 11.2. The SMILES string of the molecule is O=C(NCCO)c1ccc(Oc2ncncc2Cl)cc1. The number of hydrogen-bond acceptors (Lipinski definition) is 5. The first-order chi connectivity index (χ1) is 9.70. The van der Waals surface area contributed by atoms with E-state index in [0.717, 1.165) is 0 Å². The van der Waals surface area contributed by atoms with Crippen molar-refractivity contribution in [2.45, 2.75) is 0 Å². The molecule has 2 aromatic rings. The fourth-order valence-corrected chi connectivity index (χ4v) is 1.58. The first-order valence-corrected chi connectivity index (χ1v) is 6.21. The van der Waals surface area contributed by atoms with Crippen molar-refractivity contribution in [2.24, 2.45) is 0 Å². The van der Waals surface area contributed by atoms with Gasteiger partial charge in [-0.2, -0.15) is 0 Å². The minimum Gasteiger partial charge on any atom is -0.437 e. The molecule has 0 saturated carbocycles. The molecule has 0 spiro atoms. The highest BCUT2D eigenvalue weighted by Gasteiger charge is 2.07. The Labute approximate surface area is 120 Å². The molecule has 0 saturated heterocycles. The Balaban J connectivity index is 2.05. The van der Waals surface area contributed by atoms with Gasteiger partial charge in [0.2, 0.25) is 5.88 Å². The number of aliphatic hydroxyl groups excluding tert-OH is 1. The van der Waals surface area contributed by atoms with Crippen LogP contribution in [0.2, 0.25) is 5.02 Å². The Kier molecular flexibility index (Phi) is 4.86. The van der Waals surface area contributed by atoms with Gasteiger partial charge in [-0.15, -0.1) is 0 Å². The molecular formula is C13H12ClN3O3. The second-order valence-corrected chi connectivity index (χ2v) is 4.19. The first kappa shape index (κ1) is 14.2. The second-order valence-electron chi connectivity index (χ2n) is 3.78. The number of hydrogen-bond donors (Lipinski definition) is 2. The summed E-state index contributed by atoms with van der Waals surface area (Å²) in [6, 6.07) is 6.48. The van der Waals surface area contributed by atoms with Crippen LogP contribution in [0.15, 0.2) is 36.8 Å². The van der Waals surface area contributed by atoms with Gasteiger partial charge in [0.15, 0.2) is 0 Å². The molecule has 0 aliphatic rings. The molecule has 2 N–H and O–H groups in total. The van der Waals surface area contributed by atoms with Gasteiger partial charge in [0, 0.05) is 12.1 Å². The van der Waals surface area contributed by atoms with E-state index in [1.165, 1.54) is 12.5 Å². The fourth-order valence-electron chi connectivity index (χ4n) is 1.43. The molecule has 0 bridgehead atoms. The highest BCUT2D eigenvalue weighted by molar-refractivity contribution is 6.31. The Hall–Kier alpha value is -2.18. The maximum atomic E-state index is 11.6. The Morgan fingerprint density at radius 1 is 1.35 bits per heavy atom. The van der Waals surface area contributed by atoms with Gasteiger partial charge in [-0.05, 0) is 24.3 Å². The molecular weight excluding hydrogens is 282 g/mol. The lowest BCUT2D eigenvalue weighted by Crippen LogP contribution is -2.26. The highest BCUT2D eigenvalue weighted by atomic mass is 35.5. The van der Waals surface area contributed by atoms with E-state index in [4.69, 9.17) is 21.4 Å². The number of amides is 1. The van der Waals surface area contributed by atoms with Crippen LogP contribution in [0.4, 0.5) is 0 Å². The van der Waals surface area contributed by atoms with E-state index in [0.29, 0.717) is 16.3 Å². The number of benzene rings is 1. The minimum absolute atomic E-state index is 0.0981. The molecule has 20 heavy (non-hydrogen) atoms. The molecule has 0 aliphatic carbocycles. The number of carbonyl (C=O) groups is 1. The quantitative estimate of drug-likeness (QED) is 0.875. The van der Waals surface area contributed by atoms with Crippen molar-refractivity contribution in [2.75, 3.05) is 13.2 Å². The number of nitrogens with one attached hydrogen (secondary N) is 1. The van der Waals surface area contributed by atoms with Crippen molar-refractivity contribution in [1.29, 1.82) is 0 Å². The van der Waals surface area contributed by atoms with Crippen LogP contribution in [0, 0.1) is 0 Å². The topological polar surface area (TPSA) is 84.3 Å². The summed E-state index contributed by atoms with van der Waals surface area (Å²) in [5.74, 6) is 0.495. The maximum Gasteiger partial charge on any atom is 0.251 e. The van der Waals surface area contributed by atoms with Crippen LogP contribution in [0.3, 0.4) is 0 Å². The third kappa shape index (κ3) is 3.66. The smallest absolute Gasteiger partial charge is 0.251 e. The van der Waals surface area contributed by atoms with Crippen LogP contribution in [-0.4, -0.2) is 34.1 Å². The predicted molar refractivity (Wildman–Crippen MR) is 73.0 cm³/mol. The fraction of sp³-hybridized carbons (Fsp3) is 0.154. The summed E-state index contributed by atoms with van der Waals surface area (Å²) >= 11 is 5.88. The molecule has 0 aliphatic heterocycles. The number of nitrogens with zero attached hydrogens (tertiary/aromatic N) is 2. The van der Waals surface area contributed by atoms with E-state index in [9.17, 15) is 4.79 Å². The van der Waals surface area contributed by atoms with Gasteiger partial charge in [-0.25, -0.2) is 9.97 Å². The van der Waals surface area contributed by atoms with E-state index in [1.54, 1.807) is 24.3 Å². The Bertz CT molecular complexity index is 590. The second kappa shape index (κ2) is 6.83. The first-order valence-electron chi connectivity index (χ1n) is 5.83. The van der Waals surface area contributed by atoms with E-state index >= 15 is 0 Å². The van der Waals surface area contributed by atoms with Crippen molar-refractivity contribution in [1.82, 2.24) is 15.3 Å². The molecule has 104 valence electrons. The summed E-state index contributed by atoms with van der Waals surface area (Å²) in [6.45, 7) is 0.118. The normalized spacial score (nSPS) is 10.1. The summed E-state index contributed by atoms with van der Waals surface area (Å²) in [5, 5.41) is 11.5. The van der Waals surface area contributed by atoms with Crippen LogP contribution >= 0.6 is 11.6 Å². The minimum atomic E-state index is -0.259. The van der Waals surface area contributed by atoms with Gasteiger partial charge in [0.05, 0.1) is 12.8 Å². The Morgan fingerprint density at radius 3 is 2.75 bits per heavy atom. The molecule has 0 atom stereocenters. The third-order valence-corrected chi connectivity index (χ3v) is 2.62. The van der Waals surface area contributed by atoms with Crippen molar-refractivity contribution >= 4 is 17.5 Å². The van der Waals surface area contributed by atoms with E-state index in [-0.39, 0.29) is 24.9 Å². The summed E-state index contributed by atoms with van der Waals surface area (Å²) in [4.78, 5) is 19.3. The zero-order valence-electron chi connectivity index (χ0n) is 10.4. The zero-order chi connectivity index (χ0) is 14.4. The largest absolute Gasteiger partial charge is 0.437 e. The number of rotatable bonds is 5. The molecule has 0 radical (unpaired) electrons. The average Bonchev–Trinajstić information content (AvgIpc) is 2.48. The molecule has 1 aromatic carbocycles. The van der Waals surface area contributed by atoms with E-state index in [1.807, 2.05) is 0 Å². The van der Waals surface area contributed by atoms with E-state index < -0.39 is 0 Å². The van der Waals surface area contributed by atoms with Gasteiger partial charge in [-0.1, -0.05) is 11.6 Å². The maximum absolute atomic E-state index is 11.6. The number of aromatic nitrogens is 2. The van der Waals surface area contributed by atoms with Crippen molar-refractivity contribution in [3.63, 3.8) is 0 Å². The van der Waals surface area contributed by atoms with Crippen molar-refractivity contribution < 1.29 is 14.6 Å². The highest BCUT2D eigenvalue weighted by Crippen LogP contribution is 2.25. The van der Waals surface area contributed by atoms with Gasteiger partial charge >= 0.3 is 0 Å². The van der Waals surface area contributed by atoms with Gasteiger partial charge in [0.25, 0.3) is 5.91 Å². The molecule has 1 amide bonds. The lowest BCUT2D eigenvalue weighted by Gasteiger charge is -2.07. The van der Waals surface area contributed by atoms with E-state index in [2.05, 4.69) is 15.3 Å². The lowest BCUT2D eigenvalue weighted by atomic mass is 10.2. The molecule has 6 nitrogen and oxygen atoms in total. The molecule has 1 aromatic heterocycles. The van der Waals surface area contributed by atoms with Crippen LogP contribution in [-0.2, 0) is 0 Å². The molecule has 0 unspecified atom stereocenters. The number of carbonyl (C=O) groups excluding carboxylic acids is 1. The Morgan fingerprint density at radius 2 is 2.10 bits per heavy atom. The van der Waals surface area contributed by atoms with Crippen molar-refractivity contribution in [3.05, 3.63) is 47.4 Å². The van der Waals surface area contributed by atoms with Crippen LogP contribution < -0.4 is 10.1 Å². The van der Waals surface area contributed by atoms with Gasteiger partial charge < -0.3 is 15.2 Å². The number of halogens is 1. The van der Waals surface area contributed by atoms with Crippen LogP contribution in [0.1, 0.15) is 10.4 Å². The summed E-state index contributed by atoms with van der Waals surface area (Å²) in [5.41, 5.74) is 0.472. The monoisotopic (exact) mass is 293 g/mol. The number of aliphatic hydroxyl groups is 1.